The van der Waals surface area contributed by atoms with Crippen molar-refractivity contribution in [2.45, 2.75) is 0 Å². The van der Waals surface area contributed by atoms with E-state index < -0.39 is 0 Å². The number of benzene rings is 7. The van der Waals surface area contributed by atoms with E-state index in [0.717, 1.165) is 55.1 Å². The molecule has 0 aliphatic carbocycles. The third-order valence-electron chi connectivity index (χ3n) is 9.73. The van der Waals surface area contributed by atoms with Gasteiger partial charge in [-0.2, -0.15) is 0 Å². The van der Waals surface area contributed by atoms with Crippen LogP contribution >= 0.6 is 0 Å². The maximum absolute atomic E-state index is 8.29. The van der Waals surface area contributed by atoms with Crippen molar-refractivity contribution in [3.63, 3.8) is 0 Å². The van der Waals surface area contributed by atoms with Crippen molar-refractivity contribution in [1.29, 1.82) is 0 Å². The van der Waals surface area contributed by atoms with Crippen molar-refractivity contribution >= 4 is 76.9 Å². The Morgan fingerprint density at radius 2 is 0.959 bits per heavy atom. The van der Waals surface area contributed by atoms with Crippen molar-refractivity contribution < 1.29 is 4.42 Å². The third-order valence-corrected chi connectivity index (χ3v) is 9.73. The topological polar surface area (TPSA) is 31.7 Å². The molecule has 0 amide bonds. The Balaban J connectivity index is 1.21. The summed E-state index contributed by atoms with van der Waals surface area (Å²) in [5.74, 6) is 0. The minimum Gasteiger partial charge on any atom is -0.478 e. The fourth-order valence-electron chi connectivity index (χ4n) is 7.66. The van der Waals surface area contributed by atoms with Crippen LogP contribution in [0.3, 0.4) is 0 Å². The second-order valence-corrected chi connectivity index (χ2v) is 12.3. The maximum Gasteiger partial charge on any atom is 0.239 e. The summed E-state index contributed by atoms with van der Waals surface area (Å²) in [5, 5.41) is 5.97. The molecule has 0 spiro atoms. The van der Waals surface area contributed by atoms with Gasteiger partial charge in [0.2, 0.25) is 11.4 Å². The quantitative estimate of drug-likeness (QED) is 0.180. The van der Waals surface area contributed by atoms with Gasteiger partial charge in [0, 0.05) is 43.8 Å². The van der Waals surface area contributed by atoms with Crippen LogP contribution in [0.25, 0.3) is 97.7 Å². The number of hydrogen-bond donors (Lipinski definition) is 0. The fraction of sp³-hybridized carbons (Fsp3) is 0. The van der Waals surface area contributed by atoms with Crippen LogP contribution < -0.4 is 0 Å². The zero-order chi connectivity index (χ0) is 32.6. The van der Waals surface area contributed by atoms with E-state index in [1.54, 1.807) is 6.07 Å². The van der Waals surface area contributed by atoms with Gasteiger partial charge in [-0.05, 0) is 65.0 Å². The van der Waals surface area contributed by atoms with Crippen molar-refractivity contribution in [2.24, 2.45) is 0 Å². The average Bonchev–Trinajstić information content (AvgIpc) is 3.82. The van der Waals surface area contributed by atoms with Crippen LogP contribution in [0, 0.1) is 13.1 Å². The summed E-state index contributed by atoms with van der Waals surface area (Å²) in [4.78, 5) is 7.72. The summed E-state index contributed by atoms with van der Waals surface area (Å²) in [7, 11) is 0. The van der Waals surface area contributed by atoms with Gasteiger partial charge >= 0.3 is 0 Å². The largest absolute Gasteiger partial charge is 0.478 e. The average molecular weight is 625 g/mol. The highest BCUT2D eigenvalue weighted by Gasteiger charge is 2.22. The molecule has 226 valence electrons. The number of furan rings is 1. The molecular formula is C44H24N4O. The van der Waals surface area contributed by atoms with Crippen molar-refractivity contribution in [3.05, 3.63) is 168 Å². The first-order chi connectivity index (χ1) is 24.2. The smallest absolute Gasteiger partial charge is 0.239 e. The Hall–Kier alpha value is -7.08. The highest BCUT2D eigenvalue weighted by Crippen LogP contribution is 2.47. The van der Waals surface area contributed by atoms with E-state index in [2.05, 4.69) is 134 Å². The van der Waals surface area contributed by atoms with E-state index >= 15 is 0 Å². The molecule has 10 aromatic rings. The van der Waals surface area contributed by atoms with Crippen LogP contribution in [-0.4, -0.2) is 9.13 Å². The second kappa shape index (κ2) is 10.2. The molecule has 5 heteroatoms. The van der Waals surface area contributed by atoms with Gasteiger partial charge in [-0.1, -0.05) is 97.1 Å². The lowest BCUT2D eigenvalue weighted by Crippen LogP contribution is -1.96. The van der Waals surface area contributed by atoms with E-state index in [-0.39, 0.29) is 0 Å². The second-order valence-electron chi connectivity index (χ2n) is 12.3. The molecule has 0 radical (unpaired) electrons. The van der Waals surface area contributed by atoms with Crippen LogP contribution in [0.5, 0.6) is 0 Å². The van der Waals surface area contributed by atoms with E-state index in [1.807, 2.05) is 24.3 Å². The first-order valence-electron chi connectivity index (χ1n) is 16.1. The molecule has 0 aliphatic rings. The monoisotopic (exact) mass is 624 g/mol. The Bertz CT molecular complexity index is 3030. The molecule has 7 aromatic carbocycles. The minimum absolute atomic E-state index is 0.442. The molecule has 0 saturated carbocycles. The van der Waals surface area contributed by atoms with Gasteiger partial charge in [-0.15, -0.1) is 0 Å². The van der Waals surface area contributed by atoms with Gasteiger partial charge in [0.05, 0.1) is 29.7 Å². The van der Waals surface area contributed by atoms with E-state index in [0.29, 0.717) is 22.5 Å². The lowest BCUT2D eigenvalue weighted by Gasteiger charge is -2.13. The van der Waals surface area contributed by atoms with Gasteiger partial charge in [0.25, 0.3) is 0 Å². The summed E-state index contributed by atoms with van der Waals surface area (Å²) < 4.78 is 10.9. The molecule has 0 atom stereocenters. The molecule has 0 N–H and O–H groups in total. The number of fused-ring (bicyclic) bond motifs is 9. The molecule has 5 nitrogen and oxygen atoms in total. The zero-order valence-corrected chi connectivity index (χ0v) is 26.1. The van der Waals surface area contributed by atoms with Gasteiger partial charge < -0.3 is 13.6 Å². The van der Waals surface area contributed by atoms with Crippen LogP contribution in [0.2, 0.25) is 0 Å². The Morgan fingerprint density at radius 1 is 0.429 bits per heavy atom. The predicted octanol–water partition coefficient (Wildman–Crippen LogP) is 12.5. The van der Waals surface area contributed by atoms with E-state index in [4.69, 9.17) is 17.6 Å². The van der Waals surface area contributed by atoms with Gasteiger partial charge in [0.1, 0.15) is 11.2 Å². The summed E-state index contributed by atoms with van der Waals surface area (Å²) in [5.41, 5.74) is 10.5. The Morgan fingerprint density at radius 3 is 1.57 bits per heavy atom. The SMILES string of the molecule is [C-]#[N+]c1cccc2c1oc1c([N+]#[C-])c3c4ccccc4n(-c4cccc(-c5cccc(-n6c7ccccc7c7ccccc76)c5)c4)c3cc12. The normalized spacial score (nSPS) is 11.6. The van der Waals surface area contributed by atoms with E-state index in [1.165, 1.54) is 21.8 Å². The Kier molecular flexibility index (Phi) is 5.64. The van der Waals surface area contributed by atoms with Crippen molar-refractivity contribution in [2.75, 3.05) is 0 Å². The zero-order valence-electron chi connectivity index (χ0n) is 26.1. The first-order valence-corrected chi connectivity index (χ1v) is 16.1. The predicted molar refractivity (Wildman–Crippen MR) is 200 cm³/mol. The van der Waals surface area contributed by atoms with Crippen LogP contribution in [-0.2, 0) is 0 Å². The molecule has 3 heterocycles. The molecule has 0 aliphatic heterocycles. The van der Waals surface area contributed by atoms with Crippen LogP contribution in [0.15, 0.2) is 150 Å². The van der Waals surface area contributed by atoms with Crippen LogP contribution in [0.4, 0.5) is 11.4 Å². The number of para-hydroxylation sites is 4. The third kappa shape index (κ3) is 3.79. The van der Waals surface area contributed by atoms with Gasteiger partial charge in [0.15, 0.2) is 0 Å². The molecule has 0 saturated heterocycles. The van der Waals surface area contributed by atoms with Crippen LogP contribution in [0.1, 0.15) is 0 Å². The molecule has 3 aromatic heterocycles. The van der Waals surface area contributed by atoms with Crippen molar-refractivity contribution in [1.82, 2.24) is 9.13 Å². The number of aromatic nitrogens is 2. The standard InChI is InChI=1S/C44H24N4O/c1-45-36-20-11-19-33-35-26-40-41(42(46-2)44(35)49-43(33)36)34-18-5-8-23-39(34)48(40)30-15-10-13-28(25-30)27-12-9-14-29(24-27)47-37-21-6-3-16-31(37)32-17-4-7-22-38(32)47/h3-26H. The summed E-state index contributed by atoms with van der Waals surface area (Å²) in [6.45, 7) is 16.0. The first kappa shape index (κ1) is 27.1. The molecule has 0 unspecified atom stereocenters. The summed E-state index contributed by atoms with van der Waals surface area (Å²) in [6.07, 6.45) is 0. The Labute approximate surface area is 280 Å². The molecule has 10 rings (SSSR count). The number of hydrogen-bond acceptors (Lipinski definition) is 1. The summed E-state index contributed by atoms with van der Waals surface area (Å²) >= 11 is 0. The fourth-order valence-corrected chi connectivity index (χ4v) is 7.66. The van der Waals surface area contributed by atoms with E-state index in [9.17, 15) is 0 Å². The van der Waals surface area contributed by atoms with Gasteiger partial charge in [-0.25, -0.2) is 9.69 Å². The summed E-state index contributed by atoms with van der Waals surface area (Å²) in [6, 6.07) is 50.4. The highest BCUT2D eigenvalue weighted by atomic mass is 16.3. The lowest BCUT2D eigenvalue weighted by atomic mass is 10.0. The maximum atomic E-state index is 8.29. The molecule has 0 fully saturated rings. The number of nitrogens with zero attached hydrogens (tertiary/aromatic N) is 4. The lowest BCUT2D eigenvalue weighted by molar-refractivity contribution is 0.673. The molecule has 0 bridgehead atoms. The highest BCUT2D eigenvalue weighted by molar-refractivity contribution is 6.25. The number of rotatable bonds is 3. The molecule has 49 heavy (non-hydrogen) atoms. The van der Waals surface area contributed by atoms with Gasteiger partial charge in [-0.3, -0.25) is 0 Å². The van der Waals surface area contributed by atoms with Crippen molar-refractivity contribution in [3.8, 4) is 22.5 Å². The molecular weight excluding hydrogens is 601 g/mol. The minimum atomic E-state index is 0.442.